The van der Waals surface area contributed by atoms with Crippen molar-refractivity contribution in [2.24, 2.45) is 0 Å². The minimum atomic E-state index is -5.14. The molecule has 3 N–H and O–H groups in total. The van der Waals surface area contributed by atoms with Crippen LogP contribution in [0, 0.1) is 0 Å². The maximum atomic E-state index is 12.0. The van der Waals surface area contributed by atoms with Crippen molar-refractivity contribution < 1.29 is 32.6 Å². The van der Waals surface area contributed by atoms with Crippen LogP contribution in [-0.2, 0) is 18.0 Å². The predicted octanol–water partition coefficient (Wildman–Crippen LogP) is 7.99. The smallest absolute Gasteiger partial charge is 0.302 e. The Bertz CT molecular complexity index is 958. The van der Waals surface area contributed by atoms with Crippen LogP contribution in [0.15, 0.2) is 46.6 Å². The first kappa shape index (κ1) is 35.2. The maximum absolute atomic E-state index is 12.0. The molecule has 1 aliphatic heterocycles. The zero-order valence-electron chi connectivity index (χ0n) is 24.5. The number of hydrogen-bond acceptors (Lipinski definition) is 5. The molecule has 2 unspecified atom stereocenters. The number of unbranched alkanes of at least 4 members (excludes halogenated alkanes) is 2. The van der Waals surface area contributed by atoms with E-state index in [4.69, 9.17) is 14.3 Å². The number of nitrogens with zero attached hydrogens (tertiary/aromatic N) is 1. The number of phosphoric acid groups is 2. The van der Waals surface area contributed by atoms with Crippen molar-refractivity contribution in [2.45, 2.75) is 118 Å². The van der Waals surface area contributed by atoms with Crippen LogP contribution in [0.1, 0.15) is 106 Å². The largest absolute Gasteiger partial charge is 0.481 e. The highest BCUT2D eigenvalue weighted by atomic mass is 31.3. The lowest BCUT2D eigenvalue weighted by Crippen LogP contribution is -2.15. The van der Waals surface area contributed by atoms with Gasteiger partial charge < -0.3 is 14.7 Å². The topological polar surface area (TPSA) is 116 Å². The zero-order chi connectivity index (χ0) is 29.0. The Morgan fingerprint density at radius 3 is 1.84 bits per heavy atom. The van der Waals surface area contributed by atoms with Crippen LogP contribution in [-0.4, -0.2) is 44.3 Å². The van der Waals surface area contributed by atoms with Crippen LogP contribution in [0.25, 0.3) is 0 Å². The van der Waals surface area contributed by atoms with Crippen molar-refractivity contribution in [3.63, 3.8) is 0 Å². The number of phosphoric ester groups is 1. The van der Waals surface area contributed by atoms with Crippen LogP contribution in [0.5, 0.6) is 0 Å². The van der Waals surface area contributed by atoms with Crippen molar-refractivity contribution in [3.05, 3.63) is 46.6 Å². The van der Waals surface area contributed by atoms with E-state index in [9.17, 15) is 14.0 Å². The Morgan fingerprint density at radius 1 is 0.816 bits per heavy atom. The van der Waals surface area contributed by atoms with Crippen molar-refractivity contribution in [1.82, 2.24) is 4.90 Å². The Balaban J connectivity index is 2.67. The van der Waals surface area contributed by atoms with Crippen molar-refractivity contribution in [2.75, 3.05) is 13.2 Å². The third kappa shape index (κ3) is 15.1. The third-order valence-corrected chi connectivity index (χ3v) is 9.11. The fourth-order valence-electron chi connectivity index (χ4n) is 4.66. The second-order valence-corrected chi connectivity index (χ2v) is 14.0. The van der Waals surface area contributed by atoms with Gasteiger partial charge in [0.25, 0.3) is 0 Å². The third-order valence-electron chi connectivity index (χ3n) is 6.96. The first-order chi connectivity index (χ1) is 17.6. The molecule has 220 valence electrons. The van der Waals surface area contributed by atoms with Gasteiger partial charge in [-0.25, -0.2) is 9.13 Å². The molecule has 1 rings (SSSR count). The number of hydrogen-bond donors (Lipinski definition) is 3. The maximum Gasteiger partial charge on any atom is 0.481 e. The molecule has 0 saturated carbocycles. The molecule has 0 bridgehead atoms. The molecule has 1 aliphatic rings. The van der Waals surface area contributed by atoms with Gasteiger partial charge in [-0.15, -0.1) is 0 Å². The molecule has 0 aromatic rings. The molecule has 1 saturated heterocycles. The molecular formula is C28H51NO7P2. The first-order valence-corrected chi connectivity index (χ1v) is 16.7. The van der Waals surface area contributed by atoms with Gasteiger partial charge in [-0.2, -0.15) is 4.31 Å². The average Bonchev–Trinajstić information content (AvgIpc) is 3.31. The lowest BCUT2D eigenvalue weighted by atomic mass is 9.99. The Hall–Kier alpha value is -0.820. The summed E-state index contributed by atoms with van der Waals surface area (Å²) in [6.45, 7) is 15.6. The van der Waals surface area contributed by atoms with Crippen molar-refractivity contribution >= 4 is 15.6 Å². The Labute approximate surface area is 230 Å². The fraction of sp³-hybridized carbons (Fsp3) is 0.714. The van der Waals surface area contributed by atoms with E-state index >= 15 is 0 Å². The van der Waals surface area contributed by atoms with Crippen LogP contribution in [0.2, 0.25) is 0 Å². The van der Waals surface area contributed by atoms with Gasteiger partial charge in [-0.1, -0.05) is 46.6 Å². The minimum Gasteiger partial charge on any atom is -0.302 e. The van der Waals surface area contributed by atoms with Crippen molar-refractivity contribution in [3.8, 4) is 0 Å². The SMILES string of the molecule is CC(C)=CCC/C(C)=C/CCCCN1[C@@H](COP(=O)(O)OP(=O)(O)O)[C@]1(C)CC/C=C(\C)CCC=C(C)C. The summed E-state index contributed by atoms with van der Waals surface area (Å²) < 4.78 is 31.9. The highest BCUT2D eigenvalue weighted by molar-refractivity contribution is 7.60. The monoisotopic (exact) mass is 575 g/mol. The normalized spacial score (nSPS) is 23.6. The van der Waals surface area contributed by atoms with E-state index in [0.717, 1.165) is 64.3 Å². The van der Waals surface area contributed by atoms with Gasteiger partial charge in [0.2, 0.25) is 0 Å². The molecule has 0 spiro atoms. The molecule has 0 aromatic heterocycles. The number of allylic oxidation sites excluding steroid dienone is 8. The summed E-state index contributed by atoms with van der Waals surface area (Å²) in [5, 5.41) is 0. The van der Waals surface area contributed by atoms with E-state index in [2.05, 4.69) is 82.0 Å². The average molecular weight is 576 g/mol. The molecular weight excluding hydrogens is 524 g/mol. The predicted molar refractivity (Wildman–Crippen MR) is 156 cm³/mol. The van der Waals surface area contributed by atoms with Gasteiger partial charge >= 0.3 is 15.6 Å². The highest BCUT2D eigenvalue weighted by Crippen LogP contribution is 2.58. The van der Waals surface area contributed by atoms with E-state index in [1.54, 1.807) is 0 Å². The molecule has 10 heteroatoms. The molecule has 1 fully saturated rings. The lowest BCUT2D eigenvalue weighted by Gasteiger charge is -2.13. The Morgan fingerprint density at radius 2 is 1.34 bits per heavy atom. The summed E-state index contributed by atoms with van der Waals surface area (Å²) in [5.41, 5.74) is 5.20. The van der Waals surface area contributed by atoms with Crippen LogP contribution in [0.3, 0.4) is 0 Å². The number of rotatable bonds is 19. The minimum absolute atomic E-state index is 0.121. The molecule has 38 heavy (non-hydrogen) atoms. The summed E-state index contributed by atoms with van der Waals surface area (Å²) in [5.74, 6) is 0. The van der Waals surface area contributed by atoms with E-state index in [1.165, 1.54) is 22.3 Å². The van der Waals surface area contributed by atoms with Crippen LogP contribution >= 0.6 is 15.6 Å². The van der Waals surface area contributed by atoms with Crippen LogP contribution in [0.4, 0.5) is 0 Å². The van der Waals surface area contributed by atoms with E-state index < -0.39 is 15.6 Å². The second-order valence-electron chi connectivity index (χ2n) is 11.2. The van der Waals surface area contributed by atoms with Gasteiger partial charge in [-0.3, -0.25) is 9.42 Å². The molecule has 0 aromatic carbocycles. The summed E-state index contributed by atoms with van der Waals surface area (Å²) in [6, 6.07) is -0.121. The van der Waals surface area contributed by atoms with E-state index in [-0.39, 0.29) is 18.2 Å². The molecule has 8 nitrogen and oxygen atoms in total. The molecule has 4 atom stereocenters. The zero-order valence-corrected chi connectivity index (χ0v) is 26.3. The summed E-state index contributed by atoms with van der Waals surface area (Å²) in [6.07, 6.45) is 18.1. The van der Waals surface area contributed by atoms with E-state index in [0.29, 0.717) is 0 Å². The fourth-order valence-corrected chi connectivity index (χ4v) is 6.25. The molecule has 0 radical (unpaired) electrons. The van der Waals surface area contributed by atoms with Gasteiger partial charge in [0.1, 0.15) is 0 Å². The highest BCUT2D eigenvalue weighted by Gasteiger charge is 2.58. The Kier molecular flexibility index (Phi) is 15.2. The summed E-state index contributed by atoms with van der Waals surface area (Å²) in [7, 11) is -9.99. The van der Waals surface area contributed by atoms with Crippen LogP contribution < -0.4 is 0 Å². The summed E-state index contributed by atoms with van der Waals surface area (Å²) >= 11 is 0. The van der Waals surface area contributed by atoms with Crippen molar-refractivity contribution in [1.29, 1.82) is 0 Å². The van der Waals surface area contributed by atoms with Gasteiger partial charge in [0.15, 0.2) is 0 Å². The lowest BCUT2D eigenvalue weighted by molar-refractivity contribution is 0.173. The molecule has 0 aliphatic carbocycles. The van der Waals surface area contributed by atoms with Gasteiger partial charge in [-0.05, 0) is 113 Å². The van der Waals surface area contributed by atoms with E-state index in [1.807, 2.05) is 0 Å². The summed E-state index contributed by atoms with van der Waals surface area (Å²) in [4.78, 5) is 29.7. The first-order valence-electron chi connectivity index (χ1n) is 13.6. The van der Waals surface area contributed by atoms with Gasteiger partial charge in [0.05, 0.1) is 12.6 Å². The quantitative estimate of drug-likeness (QED) is 0.0614. The second kappa shape index (κ2) is 16.4. The molecule has 0 amide bonds. The standard InChI is InChI=1S/C28H51NO7P2/c1-23(2)14-11-17-25(5)16-9-8-10-21-29-27(22-35-38(33,34)36-37(30,31)32)28(29,7)20-13-19-26(6)18-12-15-24(3)4/h14-16,19,27H,8-13,17-18,20-22H2,1-7H3,(H,33,34)(H2,30,31,32)/b25-16+,26-19+/t27-,28-,29?/m0/s1. The molecule has 1 heterocycles. The van der Waals surface area contributed by atoms with Gasteiger partial charge in [0, 0.05) is 5.54 Å².